The third-order valence-corrected chi connectivity index (χ3v) is 9.35. The van der Waals surface area contributed by atoms with E-state index in [0.29, 0.717) is 11.6 Å². The predicted molar refractivity (Wildman–Crippen MR) is 154 cm³/mol. The lowest BCUT2D eigenvalue weighted by Crippen LogP contribution is -2.38. The zero-order valence-corrected chi connectivity index (χ0v) is 24.4. The highest BCUT2D eigenvalue weighted by molar-refractivity contribution is 7.89. The van der Waals surface area contributed by atoms with Gasteiger partial charge in [-0.2, -0.15) is 0 Å². The highest BCUT2D eigenvalue weighted by Crippen LogP contribution is 2.32. The van der Waals surface area contributed by atoms with Gasteiger partial charge in [0.2, 0.25) is 10.0 Å². The van der Waals surface area contributed by atoms with Crippen molar-refractivity contribution in [3.8, 4) is 0 Å². The van der Waals surface area contributed by atoms with Gasteiger partial charge in [0.1, 0.15) is 17.8 Å². The van der Waals surface area contributed by atoms with E-state index < -0.39 is 10.0 Å². The van der Waals surface area contributed by atoms with E-state index in [1.165, 1.54) is 12.6 Å². The second-order valence-electron chi connectivity index (χ2n) is 11.1. The van der Waals surface area contributed by atoms with Crippen molar-refractivity contribution in [1.82, 2.24) is 19.3 Å². The van der Waals surface area contributed by atoms with Gasteiger partial charge in [-0.25, -0.2) is 23.1 Å². The first-order chi connectivity index (χ1) is 18.6. The van der Waals surface area contributed by atoms with Crippen LogP contribution in [0.2, 0.25) is 0 Å². The molecule has 10 heteroatoms. The van der Waals surface area contributed by atoms with Crippen molar-refractivity contribution < 1.29 is 17.9 Å². The molecular weight excluding hydrogens is 514 g/mol. The Labute approximate surface area is 232 Å². The normalized spacial score (nSPS) is 18.8. The summed E-state index contributed by atoms with van der Waals surface area (Å²) in [6.07, 6.45) is 7.95. The number of carbonyl (C=O) groups excluding carboxylic acids is 1. The van der Waals surface area contributed by atoms with Crippen LogP contribution in [0.25, 0.3) is 11.0 Å². The Balaban J connectivity index is 1.38. The largest absolute Gasteiger partial charge is 0.443 e. The molecule has 0 amide bonds. The number of fused-ring (bicyclic) bond motifs is 1. The van der Waals surface area contributed by atoms with Crippen LogP contribution < -0.4 is 9.62 Å². The lowest BCUT2D eigenvalue weighted by atomic mass is 9.86. The molecule has 1 aliphatic rings. The predicted octanol–water partition coefficient (Wildman–Crippen LogP) is 4.48. The maximum absolute atomic E-state index is 12.8. The van der Waals surface area contributed by atoms with Crippen molar-refractivity contribution in [2.24, 2.45) is 11.8 Å². The molecule has 1 N–H and O–H groups in total. The first kappa shape index (κ1) is 29.0. The van der Waals surface area contributed by atoms with Gasteiger partial charge in [-0.1, -0.05) is 38.1 Å². The van der Waals surface area contributed by atoms with E-state index in [1.54, 1.807) is 6.33 Å². The molecule has 1 saturated carbocycles. The van der Waals surface area contributed by atoms with Gasteiger partial charge in [-0.3, -0.25) is 9.36 Å². The van der Waals surface area contributed by atoms with Gasteiger partial charge in [0.25, 0.3) is 0 Å². The molecule has 0 aliphatic heterocycles. The number of sulfonamides is 1. The summed E-state index contributed by atoms with van der Waals surface area (Å²) in [5, 5.41) is 0.893. The highest BCUT2D eigenvalue weighted by Gasteiger charge is 2.28. The first-order valence-electron chi connectivity index (χ1n) is 13.8. The third kappa shape index (κ3) is 7.16. The van der Waals surface area contributed by atoms with E-state index in [9.17, 15) is 13.2 Å². The molecule has 3 aromatic rings. The van der Waals surface area contributed by atoms with E-state index in [2.05, 4.69) is 45.6 Å². The minimum Gasteiger partial charge on any atom is -0.443 e. The summed E-state index contributed by atoms with van der Waals surface area (Å²) in [5.41, 5.74) is 2.91. The Hall–Kier alpha value is -2.98. The molecule has 1 aromatic carbocycles. The number of ether oxygens (including phenoxy) is 1. The molecule has 1 atom stereocenters. The molecule has 0 saturated heterocycles. The smallest absolute Gasteiger partial charge is 0.314 e. The summed E-state index contributed by atoms with van der Waals surface area (Å²) in [7, 11) is 0.301. The van der Waals surface area contributed by atoms with E-state index in [0.717, 1.165) is 48.9 Å². The molecule has 0 spiro atoms. The Morgan fingerprint density at radius 1 is 1.10 bits per heavy atom. The van der Waals surface area contributed by atoms with Crippen molar-refractivity contribution in [2.75, 3.05) is 24.7 Å². The molecule has 1 aliphatic carbocycles. The average molecular weight is 556 g/mol. The van der Waals surface area contributed by atoms with Crippen molar-refractivity contribution in [1.29, 1.82) is 0 Å². The summed E-state index contributed by atoms with van der Waals surface area (Å²) in [5.74, 6) is 1.12. The number of carbonyl (C=O) groups is 1. The van der Waals surface area contributed by atoms with Crippen molar-refractivity contribution >= 4 is 32.8 Å². The number of benzene rings is 1. The number of nitrogens with zero attached hydrogens (tertiary/aromatic N) is 4. The molecule has 9 nitrogen and oxygen atoms in total. The molecule has 0 bridgehead atoms. The van der Waals surface area contributed by atoms with E-state index in [-0.39, 0.29) is 36.3 Å². The summed E-state index contributed by atoms with van der Waals surface area (Å²) in [4.78, 5) is 24.0. The fourth-order valence-electron chi connectivity index (χ4n) is 5.45. The van der Waals surface area contributed by atoms with Gasteiger partial charge >= 0.3 is 5.97 Å². The van der Waals surface area contributed by atoms with Gasteiger partial charge in [-0.05, 0) is 75.1 Å². The van der Waals surface area contributed by atoms with Crippen LogP contribution >= 0.6 is 0 Å². The topological polar surface area (TPSA) is 106 Å². The number of hydrogen-bond acceptors (Lipinski definition) is 7. The highest BCUT2D eigenvalue weighted by atomic mass is 32.2. The van der Waals surface area contributed by atoms with Gasteiger partial charge in [0, 0.05) is 19.3 Å². The molecule has 2 heterocycles. The van der Waals surface area contributed by atoms with Crippen LogP contribution in [0.15, 0.2) is 42.9 Å². The lowest BCUT2D eigenvalue weighted by molar-refractivity contribution is -0.148. The standard InChI is InChI=1S/C29H41N5O4S/c1-20(2)16-22-6-10-24(11-7-22)21(3)29(35)38-19-34-15-14-26-27(31-18-32-28(26)34)33(5)25-12-8-23(9-13-25)17-39(36,37)30-4/h6-7,10-11,14-15,18,20-21,23,25,30H,8-9,12-13,16-17,19H2,1-5H3. The monoisotopic (exact) mass is 555 g/mol. The van der Waals surface area contributed by atoms with Crippen LogP contribution in [0.3, 0.4) is 0 Å². The number of esters is 1. The molecule has 1 unspecified atom stereocenters. The number of nitrogens with one attached hydrogen (secondary N) is 1. The number of anilines is 1. The van der Waals surface area contributed by atoms with Crippen LogP contribution in [0.1, 0.15) is 63.5 Å². The lowest BCUT2D eigenvalue weighted by Gasteiger charge is -2.35. The fourth-order valence-corrected chi connectivity index (χ4v) is 6.57. The molecule has 0 radical (unpaired) electrons. The Morgan fingerprint density at radius 3 is 2.44 bits per heavy atom. The SMILES string of the molecule is CNS(=O)(=O)CC1CCC(N(C)c2ncnc3c2ccn3COC(=O)C(C)c2ccc(CC(C)C)cc2)CC1. The number of aromatic nitrogens is 3. The van der Waals surface area contributed by atoms with E-state index in [1.807, 2.05) is 42.9 Å². The number of rotatable bonds is 11. The third-order valence-electron chi connectivity index (χ3n) is 7.82. The summed E-state index contributed by atoms with van der Waals surface area (Å²) in [6.45, 7) is 6.33. The maximum atomic E-state index is 12.8. The molecular formula is C29H41N5O4S. The fraction of sp³-hybridized carbons (Fsp3) is 0.552. The Morgan fingerprint density at radius 2 is 1.79 bits per heavy atom. The second-order valence-corrected chi connectivity index (χ2v) is 13.1. The first-order valence-corrected chi connectivity index (χ1v) is 15.4. The molecule has 2 aromatic heterocycles. The van der Waals surface area contributed by atoms with Gasteiger partial charge in [0.15, 0.2) is 6.73 Å². The van der Waals surface area contributed by atoms with Crippen LogP contribution in [-0.2, 0) is 32.7 Å². The molecule has 39 heavy (non-hydrogen) atoms. The Bertz CT molecular complexity index is 1360. The summed E-state index contributed by atoms with van der Waals surface area (Å²) < 4.78 is 33.8. The van der Waals surface area contributed by atoms with E-state index in [4.69, 9.17) is 4.74 Å². The summed E-state index contributed by atoms with van der Waals surface area (Å²) in [6, 6.07) is 10.4. The maximum Gasteiger partial charge on any atom is 0.314 e. The molecule has 1 fully saturated rings. The molecule has 212 valence electrons. The van der Waals surface area contributed by atoms with Crippen LogP contribution in [0.5, 0.6) is 0 Å². The molecule has 4 rings (SSSR count). The van der Waals surface area contributed by atoms with Crippen molar-refractivity contribution in [3.05, 3.63) is 54.0 Å². The zero-order chi connectivity index (χ0) is 28.2. The van der Waals surface area contributed by atoms with Crippen LogP contribution in [-0.4, -0.2) is 54.8 Å². The van der Waals surface area contributed by atoms with Crippen molar-refractivity contribution in [2.45, 2.75) is 71.6 Å². The van der Waals surface area contributed by atoms with Gasteiger partial charge < -0.3 is 9.64 Å². The minimum absolute atomic E-state index is 0.0727. The zero-order valence-electron chi connectivity index (χ0n) is 23.6. The minimum atomic E-state index is -3.20. The average Bonchev–Trinajstić information content (AvgIpc) is 3.34. The quantitative estimate of drug-likeness (QED) is 0.348. The van der Waals surface area contributed by atoms with Crippen LogP contribution in [0.4, 0.5) is 5.82 Å². The number of hydrogen-bond donors (Lipinski definition) is 1. The Kier molecular flexibility index (Phi) is 9.27. The van der Waals surface area contributed by atoms with Crippen molar-refractivity contribution in [3.63, 3.8) is 0 Å². The summed E-state index contributed by atoms with van der Waals surface area (Å²) >= 11 is 0. The van der Waals surface area contributed by atoms with Gasteiger partial charge in [-0.15, -0.1) is 0 Å². The second kappa shape index (κ2) is 12.5. The van der Waals surface area contributed by atoms with Crippen LogP contribution in [0, 0.1) is 11.8 Å². The van der Waals surface area contributed by atoms with E-state index >= 15 is 0 Å². The van der Waals surface area contributed by atoms with Gasteiger partial charge in [0.05, 0.1) is 17.1 Å².